The summed E-state index contributed by atoms with van der Waals surface area (Å²) in [6, 6.07) is 9.20. The predicted molar refractivity (Wildman–Crippen MR) is 89.0 cm³/mol. The third kappa shape index (κ3) is 1.85. The number of hydrogen-bond acceptors (Lipinski definition) is 5. The molecule has 2 aromatic rings. The maximum atomic E-state index is 10.1. The molecule has 2 atom stereocenters. The van der Waals surface area contributed by atoms with Crippen LogP contribution in [0.25, 0.3) is 11.3 Å². The Balaban J connectivity index is 1.50. The Morgan fingerprint density at radius 3 is 2.48 bits per heavy atom. The van der Waals surface area contributed by atoms with Crippen LogP contribution in [-0.2, 0) is 0 Å². The lowest BCUT2D eigenvalue weighted by molar-refractivity contribution is -0.0993. The molecule has 3 aliphatic rings. The highest BCUT2D eigenvalue weighted by Gasteiger charge is 2.56. The van der Waals surface area contributed by atoms with E-state index in [1.165, 1.54) is 12.8 Å². The van der Waals surface area contributed by atoms with E-state index in [0.717, 1.165) is 42.4 Å². The molecule has 5 heteroatoms. The molecule has 1 aromatic heterocycles. The van der Waals surface area contributed by atoms with E-state index >= 15 is 0 Å². The topological polar surface area (TPSA) is 75.3 Å². The Bertz CT molecular complexity index is 761. The summed E-state index contributed by atoms with van der Waals surface area (Å²) in [5.74, 6) is 4.34. The molecule has 0 radical (unpaired) electrons. The van der Waals surface area contributed by atoms with Crippen LogP contribution in [0.4, 0.5) is 11.5 Å². The van der Waals surface area contributed by atoms with Crippen LogP contribution >= 0.6 is 0 Å². The molecule has 0 bridgehead atoms. The smallest absolute Gasteiger partial charge is 0.169 e. The first-order chi connectivity index (χ1) is 11.2. The summed E-state index contributed by atoms with van der Waals surface area (Å²) in [5, 5.41) is 18.4. The fourth-order valence-corrected chi connectivity index (χ4v) is 4.96. The van der Waals surface area contributed by atoms with Gasteiger partial charge in [-0.1, -0.05) is 12.1 Å². The van der Waals surface area contributed by atoms with Crippen molar-refractivity contribution in [2.45, 2.75) is 12.8 Å². The van der Waals surface area contributed by atoms with Gasteiger partial charge in [-0.05, 0) is 54.7 Å². The molecule has 2 aliphatic carbocycles. The van der Waals surface area contributed by atoms with E-state index in [9.17, 15) is 5.11 Å². The van der Waals surface area contributed by atoms with Crippen LogP contribution in [0.3, 0.4) is 0 Å². The van der Waals surface area contributed by atoms with Crippen molar-refractivity contribution in [3.8, 4) is 17.0 Å². The highest BCUT2D eigenvalue weighted by Crippen LogP contribution is 2.60. The van der Waals surface area contributed by atoms with Crippen LogP contribution in [0.1, 0.15) is 12.8 Å². The number of nitrogens with two attached hydrogens (primary N) is 1. The molecule has 23 heavy (non-hydrogen) atoms. The number of rotatable bonds is 2. The van der Waals surface area contributed by atoms with Crippen molar-refractivity contribution in [1.29, 1.82) is 0 Å². The zero-order valence-electron chi connectivity index (χ0n) is 12.9. The zero-order chi connectivity index (χ0) is 15.6. The molecule has 5 nitrogen and oxygen atoms in total. The Kier molecular flexibility index (Phi) is 2.63. The molecular weight excluding hydrogens is 288 g/mol. The highest BCUT2D eigenvalue weighted by molar-refractivity contribution is 5.74. The molecule has 3 N–H and O–H groups in total. The van der Waals surface area contributed by atoms with E-state index < -0.39 is 0 Å². The monoisotopic (exact) mass is 308 g/mol. The molecule has 2 heterocycles. The maximum absolute atomic E-state index is 10.1. The van der Waals surface area contributed by atoms with Crippen molar-refractivity contribution < 1.29 is 5.11 Å². The normalized spacial score (nSPS) is 31.0. The summed E-state index contributed by atoms with van der Waals surface area (Å²) < 4.78 is 0. The number of nitrogens with zero attached hydrogens (tertiary/aromatic N) is 3. The van der Waals surface area contributed by atoms with Crippen molar-refractivity contribution >= 4 is 11.5 Å². The fourth-order valence-electron chi connectivity index (χ4n) is 4.96. The number of piperidine rings is 1. The van der Waals surface area contributed by atoms with Gasteiger partial charge in [-0.25, -0.2) is 0 Å². The van der Waals surface area contributed by atoms with Crippen molar-refractivity contribution in [3.63, 3.8) is 0 Å². The molecule has 1 saturated heterocycles. The molecule has 0 amide bonds. The quantitative estimate of drug-likeness (QED) is 0.891. The van der Waals surface area contributed by atoms with Crippen molar-refractivity contribution in [3.05, 3.63) is 30.3 Å². The van der Waals surface area contributed by atoms with Gasteiger partial charge in [0.25, 0.3) is 0 Å². The second kappa shape index (κ2) is 4.60. The van der Waals surface area contributed by atoms with Gasteiger partial charge in [0.1, 0.15) is 5.75 Å². The molecule has 2 unspecified atom stereocenters. The molecule has 2 saturated carbocycles. The average molecular weight is 308 g/mol. The summed E-state index contributed by atoms with van der Waals surface area (Å²) in [7, 11) is 0. The van der Waals surface area contributed by atoms with Gasteiger partial charge in [-0.15, -0.1) is 10.2 Å². The summed E-state index contributed by atoms with van der Waals surface area (Å²) in [5.41, 5.74) is 8.45. The largest absolute Gasteiger partial charge is 0.507 e. The van der Waals surface area contributed by atoms with Crippen LogP contribution in [0.5, 0.6) is 5.75 Å². The van der Waals surface area contributed by atoms with E-state index in [1.807, 2.05) is 18.2 Å². The summed E-state index contributed by atoms with van der Waals surface area (Å²) in [4.78, 5) is 2.38. The second-order valence-electron chi connectivity index (χ2n) is 7.25. The lowest BCUT2D eigenvalue weighted by Crippen LogP contribution is -2.62. The van der Waals surface area contributed by atoms with Crippen molar-refractivity contribution in [2.75, 3.05) is 23.7 Å². The number of phenolic OH excluding ortho intramolecular Hbond substituents is 1. The van der Waals surface area contributed by atoms with E-state index in [1.54, 1.807) is 12.1 Å². The minimum atomic E-state index is 0.219. The van der Waals surface area contributed by atoms with E-state index in [2.05, 4.69) is 15.1 Å². The third-order valence-corrected chi connectivity index (χ3v) is 6.08. The van der Waals surface area contributed by atoms with Gasteiger partial charge in [0.05, 0.1) is 11.4 Å². The molecule has 1 aromatic carbocycles. The number of aromatic nitrogens is 2. The van der Waals surface area contributed by atoms with Gasteiger partial charge in [0, 0.05) is 18.7 Å². The second-order valence-corrected chi connectivity index (χ2v) is 7.25. The van der Waals surface area contributed by atoms with Crippen molar-refractivity contribution in [2.24, 2.45) is 23.7 Å². The summed E-state index contributed by atoms with van der Waals surface area (Å²) in [6.45, 7) is 2.15. The van der Waals surface area contributed by atoms with Gasteiger partial charge < -0.3 is 15.7 Å². The van der Waals surface area contributed by atoms with Gasteiger partial charge in [-0.3, -0.25) is 0 Å². The van der Waals surface area contributed by atoms with Gasteiger partial charge in [0.2, 0.25) is 0 Å². The number of anilines is 2. The molecule has 0 spiro atoms. The Labute approximate surface area is 135 Å². The van der Waals surface area contributed by atoms with Gasteiger partial charge >= 0.3 is 0 Å². The molecule has 5 rings (SSSR count). The number of aromatic hydroxyl groups is 1. The van der Waals surface area contributed by atoms with Crippen molar-refractivity contribution in [1.82, 2.24) is 10.2 Å². The SMILES string of the molecule is Nc1nnc(-c2ccccc2O)cc1N1CC2CC3CC(C1)C32. The maximum Gasteiger partial charge on any atom is 0.169 e. The standard InChI is InChI=1S/C18H20N4O/c19-18-15(22-8-11-5-10-6-12(9-22)17(10)11)7-14(20-21-18)13-3-1-2-4-16(13)23/h1-4,7,10-12,17,23H,5-6,8-9H2,(H2,19,21). The molecule has 3 fully saturated rings. The van der Waals surface area contributed by atoms with Crippen LogP contribution in [0.15, 0.2) is 30.3 Å². The van der Waals surface area contributed by atoms with Crippen LogP contribution < -0.4 is 10.6 Å². The molecular formula is C18H20N4O. The first kappa shape index (κ1) is 13.2. The number of hydrogen-bond donors (Lipinski definition) is 2. The predicted octanol–water partition coefficient (Wildman–Crippen LogP) is 2.52. The van der Waals surface area contributed by atoms with E-state index in [-0.39, 0.29) is 5.75 Å². The van der Waals surface area contributed by atoms with Crippen LogP contribution in [0.2, 0.25) is 0 Å². The lowest BCUT2D eigenvalue weighted by atomic mass is 9.46. The Hall–Kier alpha value is -2.30. The van der Waals surface area contributed by atoms with Gasteiger partial charge in [-0.2, -0.15) is 0 Å². The number of nitrogen functional groups attached to an aromatic ring is 1. The summed E-state index contributed by atoms with van der Waals surface area (Å²) >= 11 is 0. The number of benzene rings is 1. The first-order valence-electron chi connectivity index (χ1n) is 8.37. The fraction of sp³-hybridized carbons (Fsp3) is 0.444. The van der Waals surface area contributed by atoms with E-state index in [0.29, 0.717) is 17.1 Å². The minimum Gasteiger partial charge on any atom is -0.507 e. The van der Waals surface area contributed by atoms with Gasteiger partial charge in [0.15, 0.2) is 5.82 Å². The zero-order valence-corrected chi connectivity index (χ0v) is 12.9. The Morgan fingerprint density at radius 1 is 1.04 bits per heavy atom. The molecule has 118 valence electrons. The number of phenols is 1. The highest BCUT2D eigenvalue weighted by atomic mass is 16.3. The Morgan fingerprint density at radius 2 is 1.78 bits per heavy atom. The molecule has 1 aliphatic heterocycles. The minimum absolute atomic E-state index is 0.219. The van der Waals surface area contributed by atoms with E-state index in [4.69, 9.17) is 5.73 Å². The lowest BCUT2D eigenvalue weighted by Gasteiger charge is -2.64. The first-order valence-corrected chi connectivity index (χ1v) is 8.37. The third-order valence-electron chi connectivity index (χ3n) is 6.08. The average Bonchev–Trinajstić information content (AvgIpc) is 2.50. The van der Waals surface area contributed by atoms with Crippen LogP contribution in [-0.4, -0.2) is 28.4 Å². The van der Waals surface area contributed by atoms with Crippen LogP contribution in [0, 0.1) is 23.7 Å². The number of para-hydroxylation sites is 1. The summed E-state index contributed by atoms with van der Waals surface area (Å²) in [6.07, 6.45) is 2.75.